The summed E-state index contributed by atoms with van der Waals surface area (Å²) in [5.74, 6) is 0. The number of rotatable bonds is 2. The van der Waals surface area contributed by atoms with Crippen LogP contribution in [0.15, 0.2) is 55.1 Å². The molecule has 0 radical (unpaired) electrons. The summed E-state index contributed by atoms with van der Waals surface area (Å²) in [4.78, 5) is 25.6. The lowest BCUT2D eigenvalue weighted by Gasteiger charge is -2.36. The van der Waals surface area contributed by atoms with E-state index in [-0.39, 0.29) is 0 Å². The Bertz CT molecular complexity index is 1170. The number of aryl methyl sites for hydroxylation is 5. The highest BCUT2D eigenvalue weighted by Gasteiger charge is 2.20. The minimum atomic E-state index is -5.39. The molecule has 0 N–H and O–H groups in total. The van der Waals surface area contributed by atoms with Crippen molar-refractivity contribution in [2.45, 2.75) is 20.8 Å². The van der Waals surface area contributed by atoms with Crippen LogP contribution >= 0.6 is 7.82 Å². The topological polar surface area (TPSA) is 99.9 Å². The fourth-order valence-electron chi connectivity index (χ4n) is 2.90. The highest BCUT2D eigenvalue weighted by Crippen LogP contribution is 2.15. The summed E-state index contributed by atoms with van der Waals surface area (Å²) in [7, 11) is -1.25. The molecule has 158 valence electrons. The van der Waals surface area contributed by atoms with Gasteiger partial charge in [0, 0.05) is 49.7 Å². The average Bonchev–Trinajstić information content (AvgIpc) is 2.63. The largest absolute Gasteiger partial charge is 0.822 e. The van der Waals surface area contributed by atoms with Crippen LogP contribution in [0.25, 0.3) is 6.58 Å². The van der Waals surface area contributed by atoms with Gasteiger partial charge in [0.2, 0.25) is 5.71 Å². The Hall–Kier alpha value is -2.70. The van der Waals surface area contributed by atoms with Crippen molar-refractivity contribution in [1.29, 1.82) is 0 Å². The quantitative estimate of drug-likeness (QED) is 0.371. The molecule has 0 fully saturated rings. The molecule has 0 unspecified atom stereocenters. The minimum Gasteiger partial charge on any atom is -0.822 e. The molecule has 3 aromatic heterocycles. The minimum absolute atomic E-state index is 1.06. The summed E-state index contributed by atoms with van der Waals surface area (Å²) in [5.41, 5.74) is 7.20. The third kappa shape index (κ3) is 6.40. The maximum absolute atomic E-state index is 8.55. The zero-order valence-corrected chi connectivity index (χ0v) is 18.7. The highest BCUT2D eigenvalue weighted by atomic mass is 31.2. The van der Waals surface area contributed by atoms with Crippen LogP contribution < -0.4 is 33.3 Å². The molecule has 3 aromatic rings. The van der Waals surface area contributed by atoms with Crippen molar-refractivity contribution in [2.75, 3.05) is 0 Å². The van der Waals surface area contributed by atoms with Gasteiger partial charge in [0.05, 0.1) is 11.1 Å². The standard InChI is InChI=1S/C22H26N3.H3O4P/c1-16-7-12-25(15-17(16)2)22(20-8-10-23(5)18(3)13-20)21-9-11-24(6)19(4)14-21;1-5(2,3)4/h7-15H,1H2,2-6H3;(H3,1,2,3,4)/q+3;/p-3. The first kappa shape index (κ1) is 23.6. The van der Waals surface area contributed by atoms with E-state index in [1.807, 2.05) is 0 Å². The second kappa shape index (κ2) is 9.41. The van der Waals surface area contributed by atoms with E-state index in [4.69, 9.17) is 19.2 Å². The fraction of sp³-hybridized carbons (Fsp3) is 0.227. The molecule has 3 heterocycles. The molecule has 0 saturated carbocycles. The number of hydrogen-bond acceptors (Lipinski definition) is 4. The van der Waals surface area contributed by atoms with E-state index < -0.39 is 7.82 Å². The third-order valence-electron chi connectivity index (χ3n) is 4.88. The Labute approximate surface area is 176 Å². The highest BCUT2D eigenvalue weighted by molar-refractivity contribution is 7.40. The van der Waals surface area contributed by atoms with Gasteiger partial charge < -0.3 is 19.2 Å². The average molecular weight is 427 g/mol. The third-order valence-corrected chi connectivity index (χ3v) is 4.88. The molecular formula is C22H26N3O4P. The van der Waals surface area contributed by atoms with E-state index in [1.54, 1.807) is 0 Å². The first-order chi connectivity index (χ1) is 13.9. The molecule has 0 amide bonds. The maximum atomic E-state index is 8.55. The van der Waals surface area contributed by atoms with Crippen LogP contribution in [-0.2, 0) is 18.7 Å². The van der Waals surface area contributed by atoms with Crippen LogP contribution in [-0.4, -0.2) is 0 Å². The number of aromatic nitrogens is 3. The van der Waals surface area contributed by atoms with E-state index in [9.17, 15) is 0 Å². The van der Waals surface area contributed by atoms with Crippen LogP contribution in [0.4, 0.5) is 0 Å². The molecule has 0 aromatic carbocycles. The summed E-state index contributed by atoms with van der Waals surface area (Å²) in [5, 5.41) is 1.06. The molecule has 0 spiro atoms. The van der Waals surface area contributed by atoms with Crippen molar-refractivity contribution in [3.05, 3.63) is 94.1 Å². The smallest absolute Gasteiger partial charge is 0.226 e. The Kier molecular flexibility index (Phi) is 7.39. The van der Waals surface area contributed by atoms with Crippen LogP contribution in [0, 0.1) is 26.5 Å². The van der Waals surface area contributed by atoms with Gasteiger partial charge in [0.15, 0.2) is 36.2 Å². The molecule has 0 bridgehead atoms. The number of pyridine rings is 3. The second-order valence-electron chi connectivity index (χ2n) is 7.19. The first-order valence-corrected chi connectivity index (χ1v) is 10.7. The van der Waals surface area contributed by atoms with Gasteiger partial charge in [0.1, 0.15) is 14.1 Å². The van der Waals surface area contributed by atoms with Crippen molar-refractivity contribution in [1.82, 2.24) is 0 Å². The predicted octanol–water partition coefficient (Wildman–Crippen LogP) is -1.39. The Morgan fingerprint density at radius 2 is 1.30 bits per heavy atom. The van der Waals surface area contributed by atoms with Gasteiger partial charge in [-0.25, -0.2) is 9.13 Å². The molecule has 8 heteroatoms. The first-order valence-electron chi connectivity index (χ1n) is 9.24. The van der Waals surface area contributed by atoms with E-state index in [0.29, 0.717) is 0 Å². The summed E-state index contributed by atoms with van der Waals surface area (Å²) in [6.45, 7) is 10.5. The van der Waals surface area contributed by atoms with Crippen molar-refractivity contribution < 1.29 is 32.6 Å². The SMILES string of the molecule is C=c1cc[n+](=C(c2cc[n+](C)c(C)c2)c2cc[n+](C)c(C)c2)cc1C.O=P([O-])([O-])[O-]. The summed E-state index contributed by atoms with van der Waals surface area (Å²) < 4.78 is 15.0. The van der Waals surface area contributed by atoms with Gasteiger partial charge in [-0.2, -0.15) is 12.1 Å². The Balaban J connectivity index is 0.000000575. The molecule has 3 rings (SSSR count). The molecule has 7 nitrogen and oxygen atoms in total. The van der Waals surface area contributed by atoms with Gasteiger partial charge in [-0.15, -0.1) is 0 Å². The molecule has 0 atom stereocenters. The van der Waals surface area contributed by atoms with Crippen LogP contribution in [0.2, 0.25) is 0 Å². The lowest BCUT2D eigenvalue weighted by molar-refractivity contribution is -0.677. The normalized spacial score (nSPS) is 10.9. The second-order valence-corrected chi connectivity index (χ2v) is 8.09. The van der Waals surface area contributed by atoms with Crippen LogP contribution in [0.3, 0.4) is 0 Å². The molecule has 0 aliphatic rings. The van der Waals surface area contributed by atoms with Crippen molar-refractivity contribution in [3.8, 4) is 0 Å². The Morgan fingerprint density at radius 1 is 0.867 bits per heavy atom. The zero-order valence-electron chi connectivity index (χ0n) is 17.8. The van der Waals surface area contributed by atoms with Gasteiger partial charge in [0.25, 0.3) is 0 Å². The van der Waals surface area contributed by atoms with Gasteiger partial charge in [-0.3, -0.25) is 0 Å². The van der Waals surface area contributed by atoms with E-state index >= 15 is 0 Å². The maximum Gasteiger partial charge on any atom is 0.226 e. The molecule has 0 saturated heterocycles. The van der Waals surface area contributed by atoms with Gasteiger partial charge >= 0.3 is 0 Å². The van der Waals surface area contributed by atoms with Gasteiger partial charge in [-0.05, 0) is 12.1 Å². The van der Waals surface area contributed by atoms with E-state index in [2.05, 4.69) is 110 Å². The zero-order chi connectivity index (χ0) is 22.6. The monoisotopic (exact) mass is 427 g/mol. The van der Waals surface area contributed by atoms with Crippen LogP contribution in [0.5, 0.6) is 0 Å². The number of hydrogen-bond donors (Lipinski definition) is 0. The van der Waals surface area contributed by atoms with Crippen molar-refractivity contribution in [3.63, 3.8) is 0 Å². The van der Waals surface area contributed by atoms with Crippen LogP contribution in [0.1, 0.15) is 28.1 Å². The molecule has 30 heavy (non-hydrogen) atoms. The summed E-state index contributed by atoms with van der Waals surface area (Å²) in [6.07, 6.45) is 8.48. The summed E-state index contributed by atoms with van der Waals surface area (Å²) in [6, 6.07) is 10.9. The molecule has 0 aliphatic carbocycles. The fourth-order valence-corrected chi connectivity index (χ4v) is 2.90. The lowest BCUT2D eigenvalue weighted by atomic mass is 10.0. The number of nitrogens with zero attached hydrogens (tertiary/aromatic N) is 3. The van der Waals surface area contributed by atoms with Gasteiger partial charge in [-0.1, -0.05) is 6.58 Å². The molecular weight excluding hydrogens is 401 g/mol. The number of phosphoric acid groups is 1. The van der Waals surface area contributed by atoms with E-state index in [0.717, 1.165) is 5.22 Å². The lowest BCUT2D eigenvalue weighted by Crippen LogP contribution is -2.34. The summed E-state index contributed by atoms with van der Waals surface area (Å²) >= 11 is 0. The van der Waals surface area contributed by atoms with Crippen molar-refractivity contribution in [2.24, 2.45) is 14.1 Å². The molecule has 0 aliphatic heterocycles. The van der Waals surface area contributed by atoms with Crippen molar-refractivity contribution >= 4 is 14.4 Å². The predicted molar refractivity (Wildman–Crippen MR) is 106 cm³/mol. The van der Waals surface area contributed by atoms with E-state index in [1.165, 1.54) is 33.8 Å². The Morgan fingerprint density at radius 3 is 1.67 bits per heavy atom.